The minimum absolute atomic E-state index is 0.00867. The highest BCUT2D eigenvalue weighted by molar-refractivity contribution is 6.31. The first-order valence-corrected chi connectivity index (χ1v) is 6.79. The van der Waals surface area contributed by atoms with Crippen LogP contribution in [0.3, 0.4) is 0 Å². The topological polar surface area (TPSA) is 65.0 Å². The predicted octanol–water partition coefficient (Wildman–Crippen LogP) is 3.42. The molecule has 6 heteroatoms. The molecule has 2 aromatic carbocycles. The first-order valence-electron chi connectivity index (χ1n) is 6.41. The molecule has 0 radical (unpaired) electrons. The lowest BCUT2D eigenvalue weighted by atomic mass is 10.2. The quantitative estimate of drug-likeness (QED) is 0.854. The van der Waals surface area contributed by atoms with Gasteiger partial charge in [-0.2, -0.15) is 0 Å². The summed E-state index contributed by atoms with van der Waals surface area (Å²) in [7, 11) is 3.07. The van der Waals surface area contributed by atoms with Gasteiger partial charge in [0.05, 0.1) is 14.2 Å². The van der Waals surface area contributed by atoms with Crippen molar-refractivity contribution >= 4 is 17.6 Å². The Bertz CT molecular complexity index is 684. The number of phenols is 1. The van der Waals surface area contributed by atoms with E-state index >= 15 is 0 Å². The van der Waals surface area contributed by atoms with Gasteiger partial charge in [-0.15, -0.1) is 0 Å². The molecule has 0 aliphatic rings. The average molecular weight is 323 g/mol. The number of halogens is 1. The molecule has 0 unspecified atom stereocenters. The molecular weight excluding hydrogens is 308 g/mol. The van der Waals surface area contributed by atoms with Gasteiger partial charge in [-0.05, 0) is 36.4 Å². The number of phenolic OH excluding ortho intramolecular Hbond substituents is 1. The maximum Gasteiger partial charge on any atom is 0.342 e. The van der Waals surface area contributed by atoms with E-state index in [2.05, 4.69) is 0 Å². The molecule has 1 N–H and O–H groups in total. The molecule has 2 rings (SSSR count). The molecule has 0 spiro atoms. The van der Waals surface area contributed by atoms with Crippen molar-refractivity contribution in [1.82, 2.24) is 0 Å². The van der Waals surface area contributed by atoms with Gasteiger partial charge in [-0.3, -0.25) is 0 Å². The molecule has 0 fully saturated rings. The van der Waals surface area contributed by atoms with Gasteiger partial charge in [-0.1, -0.05) is 11.6 Å². The lowest BCUT2D eigenvalue weighted by Crippen LogP contribution is -2.06. The highest BCUT2D eigenvalue weighted by atomic mass is 35.5. The molecule has 0 saturated heterocycles. The molecule has 22 heavy (non-hydrogen) atoms. The van der Waals surface area contributed by atoms with Crippen molar-refractivity contribution < 1.29 is 24.1 Å². The Kier molecular flexibility index (Phi) is 5.12. The Morgan fingerprint density at radius 1 is 1.14 bits per heavy atom. The van der Waals surface area contributed by atoms with E-state index in [-0.39, 0.29) is 17.9 Å². The van der Waals surface area contributed by atoms with E-state index in [9.17, 15) is 9.90 Å². The van der Waals surface area contributed by atoms with E-state index in [1.807, 2.05) is 0 Å². The van der Waals surface area contributed by atoms with Crippen LogP contribution in [0.25, 0.3) is 0 Å². The van der Waals surface area contributed by atoms with E-state index in [0.29, 0.717) is 22.1 Å². The van der Waals surface area contributed by atoms with Crippen LogP contribution in [0.5, 0.6) is 17.2 Å². The monoisotopic (exact) mass is 322 g/mol. The molecule has 0 aromatic heterocycles. The third kappa shape index (κ3) is 3.62. The summed E-state index contributed by atoms with van der Waals surface area (Å²) in [6.45, 7) is -0.0227. The number of benzene rings is 2. The lowest BCUT2D eigenvalue weighted by molar-refractivity contribution is 0.0466. The van der Waals surface area contributed by atoms with Gasteiger partial charge < -0.3 is 19.3 Å². The van der Waals surface area contributed by atoms with E-state index in [1.54, 1.807) is 25.3 Å². The average Bonchev–Trinajstić information content (AvgIpc) is 2.54. The van der Waals surface area contributed by atoms with Crippen LogP contribution in [0.2, 0.25) is 5.02 Å². The second kappa shape index (κ2) is 7.04. The second-order valence-electron chi connectivity index (χ2n) is 4.42. The highest BCUT2D eigenvalue weighted by Crippen LogP contribution is 2.26. The van der Waals surface area contributed by atoms with Gasteiger partial charge in [0.15, 0.2) is 0 Å². The summed E-state index contributed by atoms with van der Waals surface area (Å²) < 4.78 is 15.5. The summed E-state index contributed by atoms with van der Waals surface area (Å²) >= 11 is 5.81. The zero-order valence-corrected chi connectivity index (χ0v) is 12.9. The minimum atomic E-state index is -0.676. The lowest BCUT2D eigenvalue weighted by Gasteiger charge is -2.11. The first-order chi connectivity index (χ1) is 10.5. The number of methoxy groups -OCH3 is 2. The fourth-order valence-electron chi connectivity index (χ4n) is 1.89. The molecule has 0 atom stereocenters. The number of ether oxygens (including phenoxy) is 3. The smallest absolute Gasteiger partial charge is 0.342 e. The summed E-state index contributed by atoms with van der Waals surface area (Å²) in [5, 5.41) is 10.0. The van der Waals surface area contributed by atoms with Crippen molar-refractivity contribution in [1.29, 1.82) is 0 Å². The van der Waals surface area contributed by atoms with E-state index < -0.39 is 5.97 Å². The van der Waals surface area contributed by atoms with Crippen LogP contribution < -0.4 is 9.47 Å². The highest BCUT2D eigenvalue weighted by Gasteiger charge is 2.15. The number of rotatable bonds is 5. The van der Waals surface area contributed by atoms with E-state index in [0.717, 1.165) is 0 Å². The summed E-state index contributed by atoms with van der Waals surface area (Å²) in [5.41, 5.74) is 0.658. The molecule has 0 aliphatic carbocycles. The van der Waals surface area contributed by atoms with Crippen molar-refractivity contribution in [3.63, 3.8) is 0 Å². The molecule has 2 aromatic rings. The van der Waals surface area contributed by atoms with Crippen molar-refractivity contribution in [2.45, 2.75) is 6.61 Å². The number of esters is 1. The van der Waals surface area contributed by atoms with E-state index in [4.69, 9.17) is 25.8 Å². The third-order valence-electron chi connectivity index (χ3n) is 3.02. The third-order valence-corrected chi connectivity index (χ3v) is 3.26. The Morgan fingerprint density at radius 2 is 1.91 bits per heavy atom. The van der Waals surface area contributed by atoms with Crippen LogP contribution in [0.1, 0.15) is 15.9 Å². The van der Waals surface area contributed by atoms with Gasteiger partial charge in [0.25, 0.3) is 0 Å². The molecule has 0 heterocycles. The summed E-state index contributed by atoms with van der Waals surface area (Å²) in [6.07, 6.45) is 0. The van der Waals surface area contributed by atoms with Crippen LogP contribution in [-0.4, -0.2) is 25.3 Å². The van der Waals surface area contributed by atoms with Crippen LogP contribution in [0.4, 0.5) is 0 Å². The summed E-state index contributed by atoms with van der Waals surface area (Å²) in [6, 6.07) is 9.35. The van der Waals surface area contributed by atoms with Gasteiger partial charge in [-0.25, -0.2) is 4.79 Å². The Labute approximate surface area is 133 Å². The summed E-state index contributed by atoms with van der Waals surface area (Å²) in [5.74, 6) is 0.332. The maximum atomic E-state index is 12.0. The van der Waals surface area contributed by atoms with Crippen molar-refractivity contribution in [3.05, 3.63) is 52.5 Å². The molecule has 0 aliphatic heterocycles. The number of hydrogen-bond donors (Lipinski definition) is 1. The number of carbonyl (C=O) groups excluding carboxylic acids is 1. The van der Waals surface area contributed by atoms with Gasteiger partial charge >= 0.3 is 5.97 Å². The van der Waals surface area contributed by atoms with Gasteiger partial charge in [0.2, 0.25) is 0 Å². The molecule has 0 bridgehead atoms. The minimum Gasteiger partial charge on any atom is -0.507 e. The standard InChI is InChI=1S/C16H15ClO5/c1-20-12-4-6-15(21-2)10(7-12)9-22-16(19)13-8-11(17)3-5-14(13)18/h3-8,18H,9H2,1-2H3. The summed E-state index contributed by atoms with van der Waals surface area (Å²) in [4.78, 5) is 12.0. The fraction of sp³-hybridized carbons (Fsp3) is 0.188. The zero-order valence-electron chi connectivity index (χ0n) is 12.1. The van der Waals surface area contributed by atoms with Crippen LogP contribution in [0.15, 0.2) is 36.4 Å². The molecule has 116 valence electrons. The molecule has 0 amide bonds. The molecular formula is C16H15ClO5. The maximum absolute atomic E-state index is 12.0. The zero-order chi connectivity index (χ0) is 16.1. The van der Waals surface area contributed by atoms with Gasteiger partial charge in [0, 0.05) is 10.6 Å². The number of hydrogen-bond acceptors (Lipinski definition) is 5. The Morgan fingerprint density at radius 3 is 2.59 bits per heavy atom. The van der Waals surface area contributed by atoms with Crippen LogP contribution >= 0.6 is 11.6 Å². The predicted molar refractivity (Wildman–Crippen MR) is 81.8 cm³/mol. The molecule has 5 nitrogen and oxygen atoms in total. The van der Waals surface area contributed by atoms with Crippen LogP contribution in [0, 0.1) is 0 Å². The first kappa shape index (κ1) is 16.0. The number of carbonyl (C=O) groups is 1. The van der Waals surface area contributed by atoms with Crippen LogP contribution in [-0.2, 0) is 11.3 Å². The Balaban J connectivity index is 2.15. The van der Waals surface area contributed by atoms with Crippen molar-refractivity contribution in [2.75, 3.05) is 14.2 Å². The normalized spacial score (nSPS) is 10.1. The van der Waals surface area contributed by atoms with Gasteiger partial charge in [0.1, 0.15) is 29.4 Å². The SMILES string of the molecule is COc1ccc(OC)c(COC(=O)c2cc(Cl)ccc2O)c1. The molecule has 0 saturated carbocycles. The second-order valence-corrected chi connectivity index (χ2v) is 4.85. The largest absolute Gasteiger partial charge is 0.507 e. The van der Waals surface area contributed by atoms with Crippen molar-refractivity contribution in [2.24, 2.45) is 0 Å². The fourth-order valence-corrected chi connectivity index (χ4v) is 2.06. The number of aromatic hydroxyl groups is 1. The van der Waals surface area contributed by atoms with E-state index in [1.165, 1.54) is 25.3 Å². The van der Waals surface area contributed by atoms with Crippen molar-refractivity contribution in [3.8, 4) is 17.2 Å². The Hall–Kier alpha value is -2.40.